The van der Waals surface area contributed by atoms with Crippen molar-refractivity contribution in [2.24, 2.45) is 0 Å². The number of hydrogen-bond acceptors (Lipinski definition) is 4. The van der Waals surface area contributed by atoms with Crippen LogP contribution in [-0.4, -0.2) is 0 Å². The highest BCUT2D eigenvalue weighted by molar-refractivity contribution is 14.1. The molecule has 1 aromatic carbocycles. The molecular weight excluding hydrogens is 384 g/mol. The van der Waals surface area contributed by atoms with Crippen LogP contribution in [0.5, 0.6) is 0 Å². The van der Waals surface area contributed by atoms with Crippen LogP contribution in [0.4, 0.5) is 13.2 Å². The molecule has 0 saturated heterocycles. The number of nitriles is 4. The summed E-state index contributed by atoms with van der Waals surface area (Å²) in [7, 11) is 0. The minimum absolute atomic E-state index is 0.558. The van der Waals surface area contributed by atoms with Crippen molar-refractivity contribution < 1.29 is 13.2 Å². The summed E-state index contributed by atoms with van der Waals surface area (Å²) in [6.45, 7) is 0. The van der Waals surface area contributed by atoms with Crippen molar-refractivity contribution >= 4 is 33.7 Å². The molecule has 0 heterocycles. The van der Waals surface area contributed by atoms with Gasteiger partial charge in [-0.25, -0.2) is 13.2 Å². The lowest BCUT2D eigenvalue weighted by Crippen LogP contribution is -2.30. The fraction of sp³-hybridized carbons (Fsp3) is 0. The maximum atomic E-state index is 14.0. The van der Waals surface area contributed by atoms with E-state index in [0.29, 0.717) is 0 Å². The molecular formula is C12F3IN4. The quantitative estimate of drug-likeness (QED) is 0.495. The van der Waals surface area contributed by atoms with Gasteiger partial charge in [-0.1, -0.05) is 0 Å². The Kier molecular flexibility index (Phi) is 4.69. The standard InChI is InChI=1S/C12F3IN4/c13-9-7(5(1-17)2-18)11(15)12(16)8(10(9)14)6(3-19)4-20. The fourth-order valence-corrected chi connectivity index (χ4v) is 2.12. The van der Waals surface area contributed by atoms with Crippen molar-refractivity contribution in [3.05, 3.63) is 31.5 Å². The van der Waals surface area contributed by atoms with E-state index in [1.165, 1.54) is 46.9 Å². The second kappa shape index (κ2) is 6.06. The van der Waals surface area contributed by atoms with Gasteiger partial charge in [-0.2, -0.15) is 21.0 Å². The largest absolute Gasteiger partial charge is 0.205 e. The predicted octanol–water partition coefficient (Wildman–Crippen LogP) is 1.10. The van der Waals surface area contributed by atoms with Crippen molar-refractivity contribution in [1.29, 1.82) is 21.0 Å². The molecule has 0 aliphatic carbocycles. The van der Waals surface area contributed by atoms with Crippen LogP contribution in [0.25, 0.3) is 11.1 Å². The van der Waals surface area contributed by atoms with Gasteiger partial charge in [-0.3, -0.25) is 0 Å². The van der Waals surface area contributed by atoms with Crippen molar-refractivity contribution in [3.8, 4) is 24.3 Å². The summed E-state index contributed by atoms with van der Waals surface area (Å²) in [5, 5.41) is 32.6. The van der Waals surface area contributed by atoms with Crippen LogP contribution in [0.3, 0.4) is 0 Å². The zero-order valence-corrected chi connectivity index (χ0v) is 11.5. The van der Waals surface area contributed by atoms with E-state index in [1.54, 1.807) is 0 Å². The predicted molar refractivity (Wildman–Crippen MR) is 67.6 cm³/mol. The molecule has 0 unspecified atom stereocenters. The summed E-state index contributed by atoms with van der Waals surface area (Å²) in [5.74, 6) is -4.83. The average Bonchev–Trinajstić information content (AvgIpc) is 2.46. The van der Waals surface area contributed by atoms with Gasteiger partial charge in [0.25, 0.3) is 0 Å². The van der Waals surface area contributed by atoms with Crippen molar-refractivity contribution in [1.82, 2.24) is 0 Å². The van der Waals surface area contributed by atoms with Gasteiger partial charge in [0.15, 0.2) is 11.6 Å². The normalized spacial score (nSPS) is 8.80. The highest BCUT2D eigenvalue weighted by Gasteiger charge is 2.21. The Morgan fingerprint density at radius 1 is 0.700 bits per heavy atom. The third-order valence-electron chi connectivity index (χ3n) is 2.21. The summed E-state index contributed by atoms with van der Waals surface area (Å²) in [4.78, 5) is 0. The second-order valence-electron chi connectivity index (χ2n) is 3.20. The van der Waals surface area contributed by atoms with Gasteiger partial charge in [0.1, 0.15) is 41.2 Å². The first-order valence-electron chi connectivity index (χ1n) is 4.65. The van der Waals surface area contributed by atoms with Crippen LogP contribution < -0.4 is 10.4 Å². The van der Waals surface area contributed by atoms with Crippen molar-refractivity contribution in [2.45, 2.75) is 0 Å². The fourth-order valence-electron chi connectivity index (χ4n) is 1.34. The van der Waals surface area contributed by atoms with E-state index >= 15 is 0 Å². The molecule has 0 atom stereocenters. The van der Waals surface area contributed by atoms with E-state index in [4.69, 9.17) is 21.0 Å². The molecule has 0 aliphatic rings. The number of halogens is 4. The Hall–Kier alpha value is -2.56. The second-order valence-corrected chi connectivity index (χ2v) is 4.28. The highest BCUT2D eigenvalue weighted by atomic mass is 127. The first-order chi connectivity index (χ1) is 9.44. The van der Waals surface area contributed by atoms with Gasteiger partial charge in [-0.15, -0.1) is 0 Å². The lowest BCUT2D eigenvalue weighted by molar-refractivity contribution is 0.476. The Bertz CT molecular complexity index is 750. The van der Waals surface area contributed by atoms with Gasteiger partial charge in [0.2, 0.25) is 0 Å². The van der Waals surface area contributed by atoms with E-state index < -0.39 is 42.6 Å². The SMILES string of the molecule is N#CC(C#N)=c1c(F)c(F)c(=C(C#N)C#N)c(I)c1F. The van der Waals surface area contributed by atoms with Crippen LogP contribution in [-0.2, 0) is 0 Å². The molecule has 0 radical (unpaired) electrons. The zero-order chi connectivity index (χ0) is 15.4. The lowest BCUT2D eigenvalue weighted by Gasteiger charge is -2.02. The monoisotopic (exact) mass is 384 g/mol. The molecule has 0 spiro atoms. The number of rotatable bonds is 0. The molecule has 1 aromatic rings. The van der Waals surface area contributed by atoms with E-state index in [1.807, 2.05) is 0 Å². The van der Waals surface area contributed by atoms with Crippen LogP contribution in [0.15, 0.2) is 0 Å². The Balaban J connectivity index is 4.35. The van der Waals surface area contributed by atoms with Gasteiger partial charge < -0.3 is 0 Å². The molecule has 8 heteroatoms. The van der Waals surface area contributed by atoms with Crippen LogP contribution >= 0.6 is 22.6 Å². The van der Waals surface area contributed by atoms with E-state index in [2.05, 4.69) is 0 Å². The minimum Gasteiger partial charge on any atom is -0.205 e. The molecule has 1 rings (SSSR count). The summed E-state index contributed by atoms with van der Waals surface area (Å²) in [6.07, 6.45) is 0. The molecule has 0 amide bonds. The maximum Gasteiger partial charge on any atom is 0.171 e. The average molecular weight is 384 g/mol. The van der Waals surface area contributed by atoms with E-state index in [-0.39, 0.29) is 0 Å². The molecule has 0 fully saturated rings. The number of nitrogens with zero attached hydrogens (tertiary/aromatic N) is 4. The molecule has 96 valence electrons. The summed E-state index contributed by atoms with van der Waals surface area (Å²) in [5.41, 5.74) is -1.76. The molecule has 4 nitrogen and oxygen atoms in total. The topological polar surface area (TPSA) is 95.2 Å². The highest BCUT2D eigenvalue weighted by Crippen LogP contribution is 2.09. The Morgan fingerprint density at radius 3 is 1.45 bits per heavy atom. The van der Waals surface area contributed by atoms with Crippen molar-refractivity contribution in [3.63, 3.8) is 0 Å². The third kappa shape index (κ3) is 2.30. The summed E-state index contributed by atoms with van der Waals surface area (Å²) in [6, 6.07) is 5.14. The van der Waals surface area contributed by atoms with Gasteiger partial charge in [0, 0.05) is 0 Å². The Labute approximate surface area is 124 Å². The van der Waals surface area contributed by atoms with E-state index in [9.17, 15) is 13.2 Å². The number of benzene rings is 1. The third-order valence-corrected chi connectivity index (χ3v) is 3.22. The van der Waals surface area contributed by atoms with E-state index in [0.717, 1.165) is 0 Å². The first-order valence-corrected chi connectivity index (χ1v) is 5.73. The van der Waals surface area contributed by atoms with Crippen LogP contribution in [0.1, 0.15) is 0 Å². The van der Waals surface area contributed by atoms with Crippen LogP contribution in [0, 0.1) is 66.3 Å². The van der Waals surface area contributed by atoms with Gasteiger partial charge >= 0.3 is 0 Å². The molecule has 0 bridgehead atoms. The molecule has 0 N–H and O–H groups in total. The number of hydrogen-bond donors (Lipinski definition) is 0. The molecule has 20 heavy (non-hydrogen) atoms. The van der Waals surface area contributed by atoms with Crippen LogP contribution in [0.2, 0.25) is 0 Å². The van der Waals surface area contributed by atoms with Gasteiger partial charge in [0.05, 0.1) is 14.0 Å². The molecule has 0 aromatic heterocycles. The first kappa shape index (κ1) is 15.5. The van der Waals surface area contributed by atoms with Crippen molar-refractivity contribution in [2.75, 3.05) is 0 Å². The van der Waals surface area contributed by atoms with Gasteiger partial charge in [-0.05, 0) is 22.6 Å². The smallest absolute Gasteiger partial charge is 0.171 e. The zero-order valence-electron chi connectivity index (χ0n) is 9.30. The molecule has 0 saturated carbocycles. The summed E-state index contributed by atoms with van der Waals surface area (Å²) < 4.78 is 41.1. The maximum absolute atomic E-state index is 14.0. The lowest BCUT2D eigenvalue weighted by atomic mass is 10.1. The summed E-state index contributed by atoms with van der Waals surface area (Å²) >= 11 is 1.26. The Morgan fingerprint density at radius 2 is 1.05 bits per heavy atom. The molecule has 0 aliphatic heterocycles. The minimum atomic E-state index is -1.79.